The van der Waals surface area contributed by atoms with Crippen molar-refractivity contribution in [3.05, 3.63) is 70.8 Å². The lowest BCUT2D eigenvalue weighted by Gasteiger charge is -2.12. The maximum Gasteiger partial charge on any atom is 0.0225 e. The number of hydrogen-bond acceptors (Lipinski definition) is 1. The summed E-state index contributed by atoms with van der Waals surface area (Å²) in [6, 6.07) is 13.2. The largest absolute Gasteiger partial charge is 0.0887 e. The second-order valence-electron chi connectivity index (χ2n) is 5.19. The Kier molecular flexibility index (Phi) is 3.60. The molecule has 0 atom stereocenters. The molecule has 104 valence electrons. The number of allylic oxidation sites excluding steroid dienone is 2. The zero-order chi connectivity index (χ0) is 14.4. The average Bonchev–Trinajstić information content (AvgIpc) is 3.05. The molecule has 4 rings (SSSR count). The van der Waals surface area contributed by atoms with E-state index in [9.17, 15) is 0 Å². The van der Waals surface area contributed by atoms with E-state index >= 15 is 0 Å². The number of benzene rings is 2. The van der Waals surface area contributed by atoms with Crippen LogP contribution in [0.3, 0.4) is 0 Å². The third-order valence-electron chi connectivity index (χ3n) is 3.92. The molecular formula is C18H12Br2S. The molecule has 0 unspecified atom stereocenters. The van der Waals surface area contributed by atoms with Crippen molar-refractivity contribution in [3.8, 4) is 0 Å². The Morgan fingerprint density at radius 2 is 1.19 bits per heavy atom. The summed E-state index contributed by atoms with van der Waals surface area (Å²) in [7, 11) is 0. The third-order valence-corrected chi connectivity index (χ3v) is 6.49. The first-order valence-electron chi connectivity index (χ1n) is 6.88. The van der Waals surface area contributed by atoms with E-state index in [0.717, 1.165) is 12.8 Å². The monoisotopic (exact) mass is 418 g/mol. The van der Waals surface area contributed by atoms with Crippen LogP contribution in [-0.4, -0.2) is 0 Å². The molecule has 21 heavy (non-hydrogen) atoms. The number of halogens is 2. The van der Waals surface area contributed by atoms with Gasteiger partial charge in [0.1, 0.15) is 0 Å². The fourth-order valence-corrected chi connectivity index (χ4v) is 5.67. The van der Waals surface area contributed by atoms with Gasteiger partial charge in [0, 0.05) is 29.9 Å². The molecule has 0 aromatic heterocycles. The van der Waals surface area contributed by atoms with E-state index in [0.29, 0.717) is 0 Å². The molecule has 0 heterocycles. The van der Waals surface area contributed by atoms with Crippen LogP contribution in [0.4, 0.5) is 0 Å². The van der Waals surface area contributed by atoms with Crippen LogP contribution in [0.25, 0.3) is 8.96 Å². The second-order valence-corrected chi connectivity index (χ2v) is 7.99. The quantitative estimate of drug-likeness (QED) is 0.540. The highest BCUT2D eigenvalue weighted by Crippen LogP contribution is 2.45. The number of rotatable bonds is 2. The van der Waals surface area contributed by atoms with Gasteiger partial charge in [-0.25, -0.2) is 0 Å². The van der Waals surface area contributed by atoms with Crippen molar-refractivity contribution in [1.82, 2.24) is 0 Å². The highest BCUT2D eigenvalue weighted by atomic mass is 79.9. The summed E-state index contributed by atoms with van der Waals surface area (Å²) in [5.41, 5.74) is 5.54. The fraction of sp³-hybridized carbons (Fsp3) is 0.111. The molecule has 2 aliphatic carbocycles. The van der Waals surface area contributed by atoms with Gasteiger partial charge in [0.2, 0.25) is 0 Å². The van der Waals surface area contributed by atoms with E-state index in [1.807, 2.05) is 11.8 Å². The first-order valence-corrected chi connectivity index (χ1v) is 9.28. The molecule has 0 amide bonds. The van der Waals surface area contributed by atoms with Gasteiger partial charge in [-0.1, -0.05) is 80.0 Å². The number of hydrogen-bond donors (Lipinski definition) is 0. The standard InChI is InChI=1S/C18H12Br2S/c19-13-9-7-11-3-1-5-15(17(11)13)21-16-6-2-4-12-8-10-14(20)18(12)16/h1-6,9-10H,7-8H2. The van der Waals surface area contributed by atoms with Crippen molar-refractivity contribution < 1.29 is 0 Å². The lowest BCUT2D eigenvalue weighted by atomic mass is 10.1. The molecule has 0 radical (unpaired) electrons. The Labute approximate surface area is 145 Å². The summed E-state index contributed by atoms with van der Waals surface area (Å²) in [4.78, 5) is 2.66. The van der Waals surface area contributed by atoms with E-state index < -0.39 is 0 Å². The summed E-state index contributed by atoms with van der Waals surface area (Å²) in [6.07, 6.45) is 6.56. The molecule has 0 bridgehead atoms. The normalized spacial score (nSPS) is 15.5. The van der Waals surface area contributed by atoms with E-state index in [4.69, 9.17) is 0 Å². The Morgan fingerprint density at radius 3 is 1.67 bits per heavy atom. The molecule has 0 spiro atoms. The fourth-order valence-electron chi connectivity index (χ4n) is 2.93. The first kappa shape index (κ1) is 13.9. The van der Waals surface area contributed by atoms with E-state index in [1.165, 1.54) is 41.0 Å². The maximum absolute atomic E-state index is 3.70. The van der Waals surface area contributed by atoms with E-state index in [-0.39, 0.29) is 0 Å². The summed E-state index contributed by atoms with van der Waals surface area (Å²) < 4.78 is 2.45. The molecule has 0 saturated heterocycles. The van der Waals surface area contributed by atoms with Crippen molar-refractivity contribution in [2.24, 2.45) is 0 Å². The van der Waals surface area contributed by atoms with Crippen LogP contribution in [-0.2, 0) is 12.8 Å². The molecule has 2 aliphatic rings. The molecule has 2 aromatic rings. The predicted molar refractivity (Wildman–Crippen MR) is 98.2 cm³/mol. The molecule has 0 aliphatic heterocycles. The minimum absolute atomic E-state index is 1.03. The minimum Gasteiger partial charge on any atom is -0.0887 e. The van der Waals surface area contributed by atoms with Gasteiger partial charge >= 0.3 is 0 Å². The van der Waals surface area contributed by atoms with Crippen LogP contribution in [0.2, 0.25) is 0 Å². The van der Waals surface area contributed by atoms with Gasteiger partial charge in [-0.05, 0) is 36.1 Å². The lowest BCUT2D eigenvalue weighted by Crippen LogP contribution is -1.89. The van der Waals surface area contributed by atoms with Crippen LogP contribution in [0, 0.1) is 0 Å². The van der Waals surface area contributed by atoms with Gasteiger partial charge < -0.3 is 0 Å². The van der Waals surface area contributed by atoms with Crippen molar-refractivity contribution in [3.63, 3.8) is 0 Å². The summed E-state index contributed by atoms with van der Waals surface area (Å²) in [5, 5.41) is 0. The van der Waals surface area contributed by atoms with Crippen molar-refractivity contribution in [1.29, 1.82) is 0 Å². The summed E-state index contributed by atoms with van der Waals surface area (Å²) in [6.45, 7) is 0. The van der Waals surface area contributed by atoms with Gasteiger partial charge in [-0.15, -0.1) is 0 Å². The molecule has 3 heteroatoms. The minimum atomic E-state index is 1.03. The topological polar surface area (TPSA) is 0 Å². The van der Waals surface area contributed by atoms with Gasteiger partial charge in [0.15, 0.2) is 0 Å². The lowest BCUT2D eigenvalue weighted by molar-refractivity contribution is 1.24. The Hall–Kier alpha value is -0.770. The van der Waals surface area contributed by atoms with Gasteiger partial charge in [0.05, 0.1) is 0 Å². The van der Waals surface area contributed by atoms with Crippen LogP contribution in [0.5, 0.6) is 0 Å². The highest BCUT2D eigenvalue weighted by molar-refractivity contribution is 9.15. The first-order chi connectivity index (χ1) is 10.2. The maximum atomic E-state index is 3.70. The van der Waals surface area contributed by atoms with E-state index in [1.54, 1.807) is 0 Å². The van der Waals surface area contributed by atoms with Crippen molar-refractivity contribution in [2.45, 2.75) is 22.6 Å². The molecular weight excluding hydrogens is 408 g/mol. The third kappa shape index (κ3) is 2.36. The van der Waals surface area contributed by atoms with Crippen molar-refractivity contribution >= 4 is 52.6 Å². The Balaban J connectivity index is 1.80. The molecule has 0 nitrogen and oxygen atoms in total. The van der Waals surface area contributed by atoms with Gasteiger partial charge in [-0.3, -0.25) is 0 Å². The van der Waals surface area contributed by atoms with Crippen LogP contribution in [0.1, 0.15) is 22.3 Å². The SMILES string of the molecule is BrC1=CCc2cccc(Sc3cccc4c3C(Br)=CC4)c21. The van der Waals surface area contributed by atoms with Crippen LogP contribution < -0.4 is 0 Å². The Bertz CT molecular complexity index is 735. The smallest absolute Gasteiger partial charge is 0.0225 e. The summed E-state index contributed by atoms with van der Waals surface area (Å²) >= 11 is 9.27. The predicted octanol–water partition coefficient (Wildman–Crippen LogP) is 6.42. The molecule has 0 saturated carbocycles. The number of fused-ring (bicyclic) bond motifs is 2. The van der Waals surface area contributed by atoms with Gasteiger partial charge in [-0.2, -0.15) is 0 Å². The van der Waals surface area contributed by atoms with Crippen molar-refractivity contribution in [2.75, 3.05) is 0 Å². The molecule has 0 fully saturated rings. The second kappa shape index (κ2) is 5.45. The molecule has 0 N–H and O–H groups in total. The van der Waals surface area contributed by atoms with Crippen LogP contribution in [0.15, 0.2) is 58.3 Å². The van der Waals surface area contributed by atoms with Crippen LogP contribution >= 0.6 is 43.6 Å². The highest BCUT2D eigenvalue weighted by Gasteiger charge is 2.20. The van der Waals surface area contributed by atoms with E-state index in [2.05, 4.69) is 80.4 Å². The summed E-state index contributed by atoms with van der Waals surface area (Å²) in [5.74, 6) is 0. The zero-order valence-corrected chi connectivity index (χ0v) is 15.2. The zero-order valence-electron chi connectivity index (χ0n) is 11.2. The van der Waals surface area contributed by atoms with Gasteiger partial charge in [0.25, 0.3) is 0 Å². The Morgan fingerprint density at radius 1 is 0.714 bits per heavy atom. The average molecular weight is 420 g/mol. The molecule has 2 aromatic carbocycles.